The lowest BCUT2D eigenvalue weighted by atomic mass is 9.91. The zero-order valence-corrected chi connectivity index (χ0v) is 13.3. The molecule has 0 heterocycles. The van der Waals surface area contributed by atoms with E-state index in [2.05, 4.69) is 6.07 Å². The van der Waals surface area contributed by atoms with Crippen LogP contribution in [0.1, 0.15) is 0 Å². The summed E-state index contributed by atoms with van der Waals surface area (Å²) in [5, 5.41) is 6.97. The molecule has 0 fully saturated rings. The molecule has 5 rings (SSSR count). The average Bonchev–Trinajstić information content (AvgIpc) is 2.58. The van der Waals surface area contributed by atoms with Crippen LogP contribution in [0, 0.1) is 0 Å². The fourth-order valence-corrected chi connectivity index (χ4v) is 4.74. The van der Waals surface area contributed by atoms with Gasteiger partial charge in [-0.15, -0.1) is 0 Å². The van der Waals surface area contributed by atoms with Crippen molar-refractivity contribution in [1.29, 1.82) is 0 Å². The van der Waals surface area contributed by atoms with Crippen molar-refractivity contribution < 1.29 is 13.0 Å². The molecule has 0 aliphatic carbocycles. The molecular formula is C20H12O3S. The van der Waals surface area contributed by atoms with Crippen LogP contribution < -0.4 is 0 Å². The Morgan fingerprint density at radius 1 is 0.583 bits per heavy atom. The van der Waals surface area contributed by atoms with Crippen LogP contribution in [-0.2, 0) is 10.1 Å². The van der Waals surface area contributed by atoms with E-state index in [0.29, 0.717) is 10.8 Å². The Morgan fingerprint density at radius 2 is 1.21 bits per heavy atom. The van der Waals surface area contributed by atoms with Gasteiger partial charge in [-0.1, -0.05) is 66.7 Å². The molecule has 0 aliphatic heterocycles. The number of fused-ring (bicyclic) bond motifs is 2. The fraction of sp³-hybridized carbons (Fsp3) is 0. The summed E-state index contributed by atoms with van der Waals surface area (Å²) in [5.41, 5.74) is 0. The molecule has 0 saturated heterocycles. The Kier molecular flexibility index (Phi) is 2.54. The molecule has 0 bridgehead atoms. The second kappa shape index (κ2) is 4.44. The van der Waals surface area contributed by atoms with Crippen LogP contribution >= 0.6 is 0 Å². The van der Waals surface area contributed by atoms with Crippen LogP contribution in [0.25, 0.3) is 43.1 Å². The molecule has 116 valence electrons. The van der Waals surface area contributed by atoms with Gasteiger partial charge in [0.1, 0.15) is 4.90 Å². The van der Waals surface area contributed by atoms with E-state index in [1.807, 2.05) is 42.5 Å². The van der Waals surface area contributed by atoms with Crippen molar-refractivity contribution in [2.45, 2.75) is 4.90 Å². The molecule has 0 unspecified atom stereocenters. The molecule has 0 spiro atoms. The lowest BCUT2D eigenvalue weighted by Gasteiger charge is -2.16. The van der Waals surface area contributed by atoms with E-state index in [4.69, 9.17) is 0 Å². The summed E-state index contributed by atoms with van der Waals surface area (Å²) >= 11 is 0. The molecule has 0 atom stereocenters. The summed E-state index contributed by atoms with van der Waals surface area (Å²) in [6, 6.07) is 21.1. The lowest BCUT2D eigenvalue weighted by molar-refractivity contribution is 0.485. The van der Waals surface area contributed by atoms with Gasteiger partial charge >= 0.3 is 0 Å². The van der Waals surface area contributed by atoms with E-state index in [0.717, 1.165) is 32.3 Å². The SMILES string of the molecule is O=S(=O)(O)c1c2ccccc2c2ccc3cccc4ccc1c2c43. The lowest BCUT2D eigenvalue weighted by Crippen LogP contribution is -2.01. The van der Waals surface area contributed by atoms with Crippen LogP contribution in [0.15, 0.2) is 71.6 Å². The highest BCUT2D eigenvalue weighted by Gasteiger charge is 2.22. The average molecular weight is 332 g/mol. The third-order valence-corrected chi connectivity index (χ3v) is 5.70. The molecule has 4 heteroatoms. The van der Waals surface area contributed by atoms with Gasteiger partial charge in [-0.3, -0.25) is 4.55 Å². The van der Waals surface area contributed by atoms with Crippen LogP contribution in [0.5, 0.6) is 0 Å². The van der Waals surface area contributed by atoms with Crippen molar-refractivity contribution in [3.63, 3.8) is 0 Å². The van der Waals surface area contributed by atoms with Gasteiger partial charge in [0.25, 0.3) is 10.1 Å². The highest BCUT2D eigenvalue weighted by molar-refractivity contribution is 7.86. The Hall–Kier alpha value is -2.69. The normalized spacial score (nSPS) is 12.7. The minimum absolute atomic E-state index is 0.0103. The molecule has 0 amide bonds. The third kappa shape index (κ3) is 1.67. The van der Waals surface area contributed by atoms with E-state index in [1.54, 1.807) is 18.2 Å². The zero-order chi connectivity index (χ0) is 16.5. The maximum Gasteiger partial charge on any atom is 0.295 e. The molecule has 1 N–H and O–H groups in total. The molecule has 0 radical (unpaired) electrons. The molecule has 0 aromatic heterocycles. The highest BCUT2D eigenvalue weighted by atomic mass is 32.2. The number of hydrogen-bond donors (Lipinski definition) is 1. The first-order chi connectivity index (χ1) is 11.6. The first-order valence-electron chi connectivity index (χ1n) is 7.61. The van der Waals surface area contributed by atoms with Gasteiger partial charge in [-0.25, -0.2) is 0 Å². The quantitative estimate of drug-likeness (QED) is 0.267. The topological polar surface area (TPSA) is 54.4 Å². The maximum atomic E-state index is 12.1. The van der Waals surface area contributed by atoms with Crippen molar-refractivity contribution >= 4 is 53.2 Å². The first-order valence-corrected chi connectivity index (χ1v) is 9.05. The highest BCUT2D eigenvalue weighted by Crippen LogP contribution is 2.42. The Morgan fingerprint density at radius 3 is 1.88 bits per heavy atom. The number of hydrogen-bond acceptors (Lipinski definition) is 2. The van der Waals surface area contributed by atoms with Gasteiger partial charge in [-0.2, -0.15) is 8.42 Å². The van der Waals surface area contributed by atoms with Gasteiger partial charge in [0.05, 0.1) is 0 Å². The summed E-state index contributed by atoms with van der Waals surface area (Å²) in [4.78, 5) is -0.0103. The number of benzene rings is 5. The minimum Gasteiger partial charge on any atom is -0.282 e. The predicted octanol–water partition coefficient (Wildman–Crippen LogP) is 4.98. The summed E-state index contributed by atoms with van der Waals surface area (Å²) in [6.07, 6.45) is 0. The van der Waals surface area contributed by atoms with Crippen LogP contribution in [0.4, 0.5) is 0 Å². The van der Waals surface area contributed by atoms with Crippen LogP contribution in [0.3, 0.4) is 0 Å². The van der Waals surface area contributed by atoms with Crippen molar-refractivity contribution in [3.8, 4) is 0 Å². The maximum absolute atomic E-state index is 12.1. The van der Waals surface area contributed by atoms with Gasteiger partial charge in [0.15, 0.2) is 0 Å². The largest absolute Gasteiger partial charge is 0.295 e. The summed E-state index contributed by atoms with van der Waals surface area (Å²) in [7, 11) is -4.35. The van der Waals surface area contributed by atoms with Gasteiger partial charge in [0.2, 0.25) is 0 Å². The van der Waals surface area contributed by atoms with E-state index < -0.39 is 10.1 Å². The third-order valence-electron chi connectivity index (χ3n) is 4.74. The van der Waals surface area contributed by atoms with E-state index in [9.17, 15) is 13.0 Å². The summed E-state index contributed by atoms with van der Waals surface area (Å²) in [5.74, 6) is 0. The molecule has 24 heavy (non-hydrogen) atoms. The Bertz CT molecular complexity index is 1350. The molecular weight excluding hydrogens is 320 g/mol. The molecule has 5 aromatic rings. The van der Waals surface area contributed by atoms with Crippen molar-refractivity contribution in [2.24, 2.45) is 0 Å². The van der Waals surface area contributed by atoms with E-state index >= 15 is 0 Å². The standard InChI is InChI=1S/C20H12O3S/c21-24(22,23)20-16-7-2-1-6-14(16)15-10-8-12-4-3-5-13-9-11-17(20)19(15)18(12)13/h1-11H,(H,21,22,23). The summed E-state index contributed by atoms with van der Waals surface area (Å²) < 4.78 is 34.2. The van der Waals surface area contributed by atoms with E-state index in [-0.39, 0.29) is 4.90 Å². The fourth-order valence-electron chi connectivity index (χ4n) is 3.84. The minimum atomic E-state index is -4.35. The molecule has 3 nitrogen and oxygen atoms in total. The first kappa shape index (κ1) is 13.7. The monoisotopic (exact) mass is 332 g/mol. The van der Waals surface area contributed by atoms with Gasteiger partial charge in [0, 0.05) is 10.8 Å². The van der Waals surface area contributed by atoms with E-state index in [1.165, 1.54) is 0 Å². The molecule has 5 aromatic carbocycles. The van der Waals surface area contributed by atoms with Crippen molar-refractivity contribution in [3.05, 3.63) is 66.7 Å². The second-order valence-electron chi connectivity index (χ2n) is 6.03. The van der Waals surface area contributed by atoms with Gasteiger partial charge in [-0.05, 0) is 32.3 Å². The summed E-state index contributed by atoms with van der Waals surface area (Å²) in [6.45, 7) is 0. The van der Waals surface area contributed by atoms with Gasteiger partial charge < -0.3 is 0 Å². The molecule has 0 saturated carbocycles. The predicted molar refractivity (Wildman–Crippen MR) is 97.5 cm³/mol. The smallest absolute Gasteiger partial charge is 0.282 e. The Balaban J connectivity index is 2.26. The van der Waals surface area contributed by atoms with Crippen LogP contribution in [-0.4, -0.2) is 13.0 Å². The Labute approximate surface area is 138 Å². The van der Waals surface area contributed by atoms with Crippen molar-refractivity contribution in [2.75, 3.05) is 0 Å². The van der Waals surface area contributed by atoms with Crippen LogP contribution in [0.2, 0.25) is 0 Å². The number of rotatable bonds is 1. The van der Waals surface area contributed by atoms with Crippen molar-refractivity contribution in [1.82, 2.24) is 0 Å². The molecule has 0 aliphatic rings. The zero-order valence-electron chi connectivity index (χ0n) is 12.5. The second-order valence-corrected chi connectivity index (χ2v) is 7.39.